The average molecular weight is 460 g/mol. The summed E-state index contributed by atoms with van der Waals surface area (Å²) in [5.74, 6) is 0.465. The lowest BCUT2D eigenvalue weighted by Crippen LogP contribution is -2.28. The molecule has 0 radical (unpaired) electrons. The minimum Gasteiger partial charge on any atom is -0.492 e. The Bertz CT molecular complexity index is 1150. The van der Waals surface area contributed by atoms with Crippen molar-refractivity contribution in [1.29, 1.82) is 0 Å². The maximum atomic E-state index is 12.5. The number of H-pyrrole nitrogens is 1. The zero-order valence-corrected chi connectivity index (χ0v) is 17.3. The molecular formula is C20H18BrN3O3S. The number of amides is 1. The number of benzene rings is 2. The average Bonchev–Trinajstić information content (AvgIpc) is 2.68. The molecule has 1 heterocycles. The summed E-state index contributed by atoms with van der Waals surface area (Å²) in [4.78, 5) is 27.9. The number of aromatic amines is 1. The van der Waals surface area contributed by atoms with E-state index < -0.39 is 0 Å². The summed E-state index contributed by atoms with van der Waals surface area (Å²) in [7, 11) is 0. The molecule has 0 unspecified atom stereocenters. The molecule has 0 bridgehead atoms. The minimum absolute atomic E-state index is 0.215. The summed E-state index contributed by atoms with van der Waals surface area (Å²) in [6, 6.07) is 12.3. The van der Waals surface area contributed by atoms with Gasteiger partial charge in [0.05, 0.1) is 17.4 Å². The van der Waals surface area contributed by atoms with E-state index in [0.29, 0.717) is 36.2 Å². The monoisotopic (exact) mass is 459 g/mol. The zero-order chi connectivity index (χ0) is 20.1. The SMILES string of the molecule is C=CCn1c(=S)[nH]c2cc(C(=O)NCCOc3cccc(Br)c3)ccc2c1=O. The van der Waals surface area contributed by atoms with Gasteiger partial charge in [-0.2, -0.15) is 0 Å². The van der Waals surface area contributed by atoms with Gasteiger partial charge in [0.1, 0.15) is 12.4 Å². The van der Waals surface area contributed by atoms with Crippen LogP contribution in [0.5, 0.6) is 5.75 Å². The molecule has 0 saturated carbocycles. The van der Waals surface area contributed by atoms with E-state index in [9.17, 15) is 9.59 Å². The van der Waals surface area contributed by atoms with Gasteiger partial charge in [-0.1, -0.05) is 28.1 Å². The molecule has 0 saturated heterocycles. The van der Waals surface area contributed by atoms with Crippen molar-refractivity contribution in [1.82, 2.24) is 14.9 Å². The summed E-state index contributed by atoms with van der Waals surface area (Å²) in [5.41, 5.74) is 0.739. The number of allylic oxidation sites excluding steroid dienone is 1. The lowest BCUT2D eigenvalue weighted by Gasteiger charge is -2.09. The van der Waals surface area contributed by atoms with Gasteiger partial charge >= 0.3 is 0 Å². The second-order valence-electron chi connectivity index (χ2n) is 5.96. The van der Waals surface area contributed by atoms with Gasteiger partial charge in [-0.05, 0) is 48.6 Å². The van der Waals surface area contributed by atoms with Crippen LogP contribution in [-0.4, -0.2) is 28.6 Å². The predicted molar refractivity (Wildman–Crippen MR) is 116 cm³/mol. The van der Waals surface area contributed by atoms with Crippen molar-refractivity contribution in [2.45, 2.75) is 6.54 Å². The fourth-order valence-electron chi connectivity index (χ4n) is 2.68. The Labute approximate surface area is 175 Å². The Kier molecular flexibility index (Phi) is 6.43. The van der Waals surface area contributed by atoms with Crippen molar-refractivity contribution < 1.29 is 9.53 Å². The van der Waals surface area contributed by atoms with Crippen LogP contribution < -0.4 is 15.6 Å². The summed E-state index contributed by atoms with van der Waals surface area (Å²) >= 11 is 8.60. The number of ether oxygens (including phenoxy) is 1. The Morgan fingerprint density at radius 3 is 2.89 bits per heavy atom. The van der Waals surface area contributed by atoms with E-state index in [1.165, 1.54) is 4.57 Å². The van der Waals surface area contributed by atoms with Crippen LogP contribution in [0.1, 0.15) is 10.4 Å². The van der Waals surface area contributed by atoms with E-state index in [1.54, 1.807) is 24.3 Å². The molecule has 144 valence electrons. The topological polar surface area (TPSA) is 76.1 Å². The second-order valence-corrected chi connectivity index (χ2v) is 7.26. The highest BCUT2D eigenvalue weighted by atomic mass is 79.9. The number of halogens is 1. The smallest absolute Gasteiger partial charge is 0.262 e. The Hall–Kier alpha value is -2.71. The van der Waals surface area contributed by atoms with Gasteiger partial charge in [-0.3, -0.25) is 14.2 Å². The summed E-state index contributed by atoms with van der Waals surface area (Å²) in [6.45, 7) is 4.64. The molecule has 0 aliphatic carbocycles. The quantitative estimate of drug-likeness (QED) is 0.320. The van der Waals surface area contributed by atoms with E-state index in [4.69, 9.17) is 17.0 Å². The van der Waals surface area contributed by atoms with E-state index >= 15 is 0 Å². The number of nitrogens with one attached hydrogen (secondary N) is 2. The minimum atomic E-state index is -0.255. The first-order valence-electron chi connectivity index (χ1n) is 8.54. The van der Waals surface area contributed by atoms with Gasteiger partial charge in [0.2, 0.25) is 0 Å². The van der Waals surface area contributed by atoms with Gasteiger partial charge in [0.25, 0.3) is 11.5 Å². The van der Waals surface area contributed by atoms with E-state index in [0.717, 1.165) is 10.2 Å². The van der Waals surface area contributed by atoms with Gasteiger partial charge in [0, 0.05) is 16.6 Å². The molecule has 0 aliphatic rings. The number of hydrogen-bond donors (Lipinski definition) is 2. The van der Waals surface area contributed by atoms with Gasteiger partial charge in [-0.15, -0.1) is 6.58 Å². The highest BCUT2D eigenvalue weighted by molar-refractivity contribution is 9.10. The molecule has 2 aromatic carbocycles. The third-order valence-corrected chi connectivity index (χ3v) is 4.82. The highest BCUT2D eigenvalue weighted by Crippen LogP contribution is 2.17. The standard InChI is InChI=1S/C20H18BrN3O3S/c1-2-9-24-19(26)16-7-6-13(11-17(16)23-20(24)28)18(25)22-8-10-27-15-5-3-4-14(21)12-15/h2-7,11-12H,1,8-10H2,(H,22,25)(H,23,28). The molecule has 1 amide bonds. The van der Waals surface area contributed by atoms with Crippen LogP contribution in [0, 0.1) is 4.77 Å². The highest BCUT2D eigenvalue weighted by Gasteiger charge is 2.10. The van der Waals surface area contributed by atoms with Crippen LogP contribution in [0.2, 0.25) is 0 Å². The number of hydrogen-bond acceptors (Lipinski definition) is 4. The number of fused-ring (bicyclic) bond motifs is 1. The van der Waals surface area contributed by atoms with E-state index in [-0.39, 0.29) is 16.2 Å². The molecule has 28 heavy (non-hydrogen) atoms. The number of carbonyl (C=O) groups is 1. The maximum absolute atomic E-state index is 12.5. The van der Waals surface area contributed by atoms with Crippen LogP contribution in [-0.2, 0) is 6.54 Å². The van der Waals surface area contributed by atoms with E-state index in [1.807, 2.05) is 24.3 Å². The van der Waals surface area contributed by atoms with Gasteiger partial charge in [0.15, 0.2) is 4.77 Å². The second kappa shape index (κ2) is 8.99. The van der Waals surface area contributed by atoms with Gasteiger partial charge in [-0.25, -0.2) is 0 Å². The fraction of sp³-hybridized carbons (Fsp3) is 0.150. The molecule has 0 spiro atoms. The largest absolute Gasteiger partial charge is 0.492 e. The van der Waals surface area contributed by atoms with Crippen LogP contribution in [0.15, 0.2) is 64.4 Å². The van der Waals surface area contributed by atoms with Crippen LogP contribution in [0.4, 0.5) is 0 Å². The molecule has 8 heteroatoms. The summed E-state index contributed by atoms with van der Waals surface area (Å²) in [6.07, 6.45) is 1.61. The molecule has 1 aromatic heterocycles. The van der Waals surface area contributed by atoms with Crippen LogP contribution >= 0.6 is 28.1 Å². The molecule has 0 atom stereocenters. The van der Waals surface area contributed by atoms with Crippen molar-refractivity contribution in [2.24, 2.45) is 0 Å². The normalized spacial score (nSPS) is 10.6. The first kappa shape index (κ1) is 20.0. The molecule has 2 N–H and O–H groups in total. The molecule has 0 fully saturated rings. The lowest BCUT2D eigenvalue weighted by molar-refractivity contribution is 0.0947. The number of aromatic nitrogens is 2. The molecule has 3 aromatic rings. The molecule has 0 aliphatic heterocycles. The summed E-state index contributed by atoms with van der Waals surface area (Å²) < 4.78 is 8.23. The van der Waals surface area contributed by atoms with Crippen LogP contribution in [0.25, 0.3) is 10.9 Å². The van der Waals surface area contributed by atoms with Crippen molar-refractivity contribution in [3.05, 3.63) is 80.3 Å². The first-order valence-corrected chi connectivity index (χ1v) is 9.74. The van der Waals surface area contributed by atoms with E-state index in [2.05, 4.69) is 32.8 Å². The lowest BCUT2D eigenvalue weighted by atomic mass is 10.1. The summed E-state index contributed by atoms with van der Waals surface area (Å²) in [5, 5.41) is 3.26. The third-order valence-electron chi connectivity index (χ3n) is 4.01. The number of nitrogens with zero attached hydrogens (tertiary/aromatic N) is 1. The van der Waals surface area contributed by atoms with Crippen LogP contribution in [0.3, 0.4) is 0 Å². The fourth-order valence-corrected chi connectivity index (χ4v) is 3.33. The molecule has 3 rings (SSSR count). The zero-order valence-electron chi connectivity index (χ0n) is 14.9. The maximum Gasteiger partial charge on any atom is 0.262 e. The van der Waals surface area contributed by atoms with Crippen molar-refractivity contribution in [3.63, 3.8) is 0 Å². The predicted octanol–water partition coefficient (Wildman–Crippen LogP) is 3.82. The third kappa shape index (κ3) is 4.58. The van der Waals surface area contributed by atoms with Crippen molar-refractivity contribution in [3.8, 4) is 5.75 Å². The molecule has 6 nitrogen and oxygen atoms in total. The number of carbonyl (C=O) groups excluding carboxylic acids is 1. The molecular weight excluding hydrogens is 442 g/mol. The van der Waals surface area contributed by atoms with Crippen molar-refractivity contribution >= 4 is 45.0 Å². The Morgan fingerprint density at radius 2 is 2.14 bits per heavy atom. The van der Waals surface area contributed by atoms with Crippen molar-refractivity contribution in [2.75, 3.05) is 13.2 Å². The Morgan fingerprint density at radius 1 is 1.32 bits per heavy atom. The number of rotatable bonds is 7. The Balaban J connectivity index is 1.68. The first-order chi connectivity index (χ1) is 13.5. The van der Waals surface area contributed by atoms with Gasteiger partial charge < -0.3 is 15.0 Å².